The van der Waals surface area contributed by atoms with Gasteiger partial charge in [-0.3, -0.25) is 14.6 Å². The van der Waals surface area contributed by atoms with Gasteiger partial charge in [-0.1, -0.05) is 6.92 Å². The molecule has 0 aromatic carbocycles. The second-order valence-corrected chi connectivity index (χ2v) is 5.89. The van der Waals surface area contributed by atoms with Crippen molar-refractivity contribution >= 4 is 12.1 Å². The zero-order valence-electron chi connectivity index (χ0n) is 14.0. The lowest BCUT2D eigenvalue weighted by Crippen LogP contribution is -2.46. The van der Waals surface area contributed by atoms with Crippen molar-refractivity contribution in [1.82, 2.24) is 20.2 Å². The molecule has 3 aliphatic rings. The van der Waals surface area contributed by atoms with Crippen LogP contribution in [0.1, 0.15) is 27.2 Å². The molecule has 0 spiro atoms. The average molecular weight is 317 g/mol. The van der Waals surface area contributed by atoms with Gasteiger partial charge in [0.05, 0.1) is 31.3 Å². The van der Waals surface area contributed by atoms with E-state index in [0.29, 0.717) is 6.67 Å². The van der Waals surface area contributed by atoms with Crippen LogP contribution < -0.4 is 5.32 Å². The van der Waals surface area contributed by atoms with Gasteiger partial charge in [0.15, 0.2) is 0 Å². The van der Waals surface area contributed by atoms with E-state index in [0.717, 1.165) is 35.8 Å². The first kappa shape index (κ1) is 15.6. The van der Waals surface area contributed by atoms with Crippen molar-refractivity contribution in [3.8, 4) is 0 Å². The lowest BCUT2D eigenvalue weighted by Gasteiger charge is -2.40. The van der Waals surface area contributed by atoms with Crippen molar-refractivity contribution in [3.63, 3.8) is 0 Å². The van der Waals surface area contributed by atoms with Crippen LogP contribution in [0.3, 0.4) is 0 Å². The third kappa shape index (κ3) is 2.72. The van der Waals surface area contributed by atoms with Crippen LogP contribution in [-0.4, -0.2) is 53.3 Å². The van der Waals surface area contributed by atoms with Gasteiger partial charge in [-0.05, 0) is 18.9 Å². The lowest BCUT2D eigenvalue weighted by molar-refractivity contribution is -0.119. The molecule has 0 aromatic rings. The molecule has 7 heteroatoms. The van der Waals surface area contributed by atoms with Gasteiger partial charge in [0, 0.05) is 19.7 Å². The summed E-state index contributed by atoms with van der Waals surface area (Å²) < 4.78 is 0. The summed E-state index contributed by atoms with van der Waals surface area (Å²) in [6.07, 6.45) is 6.89. The van der Waals surface area contributed by atoms with Gasteiger partial charge in [0.2, 0.25) is 5.91 Å². The Hall–Kier alpha value is -2.28. The van der Waals surface area contributed by atoms with Gasteiger partial charge >= 0.3 is 0 Å². The van der Waals surface area contributed by atoms with Crippen LogP contribution in [0.4, 0.5) is 0 Å². The largest absolute Gasteiger partial charge is 0.344 e. The monoisotopic (exact) mass is 317 g/mol. The third-order valence-electron chi connectivity index (χ3n) is 4.10. The number of nitrogens with zero attached hydrogens (tertiary/aromatic N) is 4. The molecular weight excluding hydrogens is 294 g/mol. The highest BCUT2D eigenvalue weighted by Crippen LogP contribution is 2.35. The molecule has 0 saturated carbocycles. The highest BCUT2D eigenvalue weighted by atomic mass is 16.7. The zero-order chi connectivity index (χ0) is 16.6. The fourth-order valence-electron chi connectivity index (χ4n) is 3.11. The third-order valence-corrected chi connectivity index (χ3v) is 4.10. The molecule has 1 atom stereocenters. The molecular formula is C16H23N5O2. The number of hydrogen-bond donors (Lipinski definition) is 1. The second-order valence-electron chi connectivity index (χ2n) is 5.89. The molecule has 7 nitrogen and oxygen atoms in total. The van der Waals surface area contributed by atoms with Crippen LogP contribution in [0.5, 0.6) is 0 Å². The zero-order valence-corrected chi connectivity index (χ0v) is 14.0. The van der Waals surface area contributed by atoms with Crippen molar-refractivity contribution in [3.05, 3.63) is 35.2 Å². The first-order chi connectivity index (χ1) is 11.0. The van der Waals surface area contributed by atoms with E-state index in [-0.39, 0.29) is 11.9 Å². The quantitative estimate of drug-likeness (QED) is 0.848. The Balaban J connectivity index is 2.01. The van der Waals surface area contributed by atoms with E-state index in [1.165, 1.54) is 6.92 Å². The predicted octanol–water partition coefficient (Wildman–Crippen LogP) is 1.35. The van der Waals surface area contributed by atoms with Gasteiger partial charge in [0.1, 0.15) is 18.2 Å². The molecule has 3 rings (SSSR count). The summed E-state index contributed by atoms with van der Waals surface area (Å²) >= 11 is 0. The van der Waals surface area contributed by atoms with E-state index in [2.05, 4.69) is 33.2 Å². The van der Waals surface area contributed by atoms with Crippen LogP contribution in [0, 0.1) is 0 Å². The number of carbonyl (C=O) groups is 1. The minimum atomic E-state index is -0.190. The number of rotatable bonds is 4. The summed E-state index contributed by atoms with van der Waals surface area (Å²) in [5.41, 5.74) is 2.95. The molecule has 0 aromatic heterocycles. The summed E-state index contributed by atoms with van der Waals surface area (Å²) in [6, 6.07) is -0.190. The Kier molecular flexibility index (Phi) is 4.12. The molecule has 0 saturated heterocycles. The molecule has 1 amide bonds. The van der Waals surface area contributed by atoms with Crippen molar-refractivity contribution in [2.24, 2.45) is 4.99 Å². The maximum absolute atomic E-state index is 11.6. The van der Waals surface area contributed by atoms with E-state index in [4.69, 9.17) is 4.84 Å². The number of carbonyl (C=O) groups excluding carboxylic acids is 1. The van der Waals surface area contributed by atoms with Crippen LogP contribution in [0.25, 0.3) is 0 Å². The summed E-state index contributed by atoms with van der Waals surface area (Å²) in [6.45, 7) is 7.22. The second kappa shape index (κ2) is 6.08. The van der Waals surface area contributed by atoms with Crippen LogP contribution in [0.15, 0.2) is 40.2 Å². The predicted molar refractivity (Wildman–Crippen MR) is 87.5 cm³/mol. The summed E-state index contributed by atoms with van der Waals surface area (Å²) in [4.78, 5) is 25.9. The van der Waals surface area contributed by atoms with Crippen molar-refractivity contribution in [2.75, 3.05) is 20.3 Å². The molecule has 0 aliphatic carbocycles. The first-order valence-corrected chi connectivity index (χ1v) is 7.85. The molecule has 0 fully saturated rings. The normalized spacial score (nSPS) is 22.8. The summed E-state index contributed by atoms with van der Waals surface area (Å²) in [5.74, 6) is 0.958. The average Bonchev–Trinajstić information content (AvgIpc) is 2.93. The molecule has 0 bridgehead atoms. The van der Waals surface area contributed by atoms with E-state index < -0.39 is 0 Å². The Labute approximate surface area is 136 Å². The van der Waals surface area contributed by atoms with Gasteiger partial charge in [-0.15, -0.1) is 0 Å². The highest BCUT2D eigenvalue weighted by molar-refractivity contribution is 5.82. The van der Waals surface area contributed by atoms with E-state index in [1.807, 2.05) is 19.3 Å². The number of hydrogen-bond acceptors (Lipinski definition) is 6. The van der Waals surface area contributed by atoms with E-state index in [1.54, 1.807) is 12.2 Å². The molecule has 3 aliphatic heterocycles. The van der Waals surface area contributed by atoms with Gasteiger partial charge in [-0.25, -0.2) is 5.06 Å². The summed E-state index contributed by atoms with van der Waals surface area (Å²) in [7, 11) is 1.65. The van der Waals surface area contributed by atoms with Gasteiger partial charge in [0.25, 0.3) is 0 Å². The molecule has 1 N–H and O–H groups in total. The Morgan fingerprint density at radius 3 is 2.91 bits per heavy atom. The van der Waals surface area contributed by atoms with Crippen molar-refractivity contribution < 1.29 is 9.63 Å². The Morgan fingerprint density at radius 2 is 2.26 bits per heavy atom. The maximum atomic E-state index is 11.6. The fraction of sp³-hybridized carbons (Fsp3) is 0.500. The lowest BCUT2D eigenvalue weighted by atomic mass is 10.0. The number of aliphatic imine (C=N–C) groups is 1. The minimum Gasteiger partial charge on any atom is -0.344 e. The topological polar surface area (TPSA) is 60.4 Å². The van der Waals surface area contributed by atoms with Gasteiger partial charge in [-0.2, -0.15) is 0 Å². The molecule has 124 valence electrons. The molecule has 3 heterocycles. The Bertz CT molecular complexity index is 634. The minimum absolute atomic E-state index is 0.0602. The van der Waals surface area contributed by atoms with Gasteiger partial charge < -0.3 is 15.1 Å². The van der Waals surface area contributed by atoms with E-state index >= 15 is 0 Å². The fourth-order valence-corrected chi connectivity index (χ4v) is 3.11. The number of fused-ring (bicyclic) bond motifs is 2. The molecule has 0 radical (unpaired) electrons. The van der Waals surface area contributed by atoms with Crippen LogP contribution >= 0.6 is 0 Å². The van der Waals surface area contributed by atoms with Crippen molar-refractivity contribution in [2.45, 2.75) is 33.2 Å². The van der Waals surface area contributed by atoms with Crippen LogP contribution in [0.2, 0.25) is 0 Å². The number of amides is 1. The van der Waals surface area contributed by atoms with Crippen LogP contribution in [-0.2, 0) is 9.63 Å². The standard InChI is InChI=1S/C16H23N5O2/c1-5-6-19-8-11(2)14(18-12(3)22)15-16(19)21-10-20(23-4)9-13(21)7-17-15/h7-9,14H,5-6,10H2,1-4H3,(H,18,22). The maximum Gasteiger partial charge on any atom is 0.217 e. The van der Waals surface area contributed by atoms with Crippen molar-refractivity contribution in [1.29, 1.82) is 0 Å². The summed E-state index contributed by atoms with van der Waals surface area (Å²) in [5, 5.41) is 4.77. The Morgan fingerprint density at radius 1 is 1.48 bits per heavy atom. The first-order valence-electron chi connectivity index (χ1n) is 7.85. The smallest absolute Gasteiger partial charge is 0.217 e. The molecule has 23 heavy (non-hydrogen) atoms. The number of hydroxylamine groups is 2. The van der Waals surface area contributed by atoms with E-state index in [9.17, 15) is 4.79 Å². The number of allylic oxidation sites excluding steroid dienone is 1. The number of nitrogens with one attached hydrogen (secondary N) is 1. The SMILES string of the molecule is CCCN1C=C(C)C(NC(C)=O)C2=C1N1CN(OC)C=C1C=N2. The highest BCUT2D eigenvalue weighted by Gasteiger charge is 2.37. The molecule has 1 unspecified atom stereocenters.